The summed E-state index contributed by atoms with van der Waals surface area (Å²) in [6.07, 6.45) is 1.27. The fourth-order valence-corrected chi connectivity index (χ4v) is 2.06. The van der Waals surface area contributed by atoms with Crippen LogP contribution in [0.3, 0.4) is 0 Å². The fourth-order valence-electron chi connectivity index (χ4n) is 1.83. The zero-order valence-corrected chi connectivity index (χ0v) is 10.0. The van der Waals surface area contributed by atoms with Gasteiger partial charge in [0.2, 0.25) is 0 Å². The summed E-state index contributed by atoms with van der Waals surface area (Å²) in [4.78, 5) is 15.0. The van der Waals surface area contributed by atoms with E-state index in [1.165, 1.54) is 0 Å². The van der Waals surface area contributed by atoms with E-state index in [-0.39, 0.29) is 5.92 Å². The maximum Gasteiger partial charge on any atom is 0.155 e. The van der Waals surface area contributed by atoms with Crippen molar-refractivity contribution in [3.63, 3.8) is 0 Å². The molecule has 2 aromatic rings. The topological polar surface area (TPSA) is 34.4 Å². The summed E-state index contributed by atoms with van der Waals surface area (Å²) in [6, 6.07) is 5.73. The van der Waals surface area contributed by atoms with Crippen LogP contribution in [0.1, 0.15) is 31.3 Å². The Morgan fingerprint density at radius 2 is 2.25 bits per heavy atom. The number of aromatic nitrogens is 2. The van der Waals surface area contributed by atoms with E-state index in [4.69, 9.17) is 11.6 Å². The van der Waals surface area contributed by atoms with E-state index in [9.17, 15) is 4.79 Å². The lowest BCUT2D eigenvalue weighted by atomic mass is 10.2. The molecule has 0 radical (unpaired) electrons. The molecule has 0 fully saturated rings. The number of halogens is 1. The van der Waals surface area contributed by atoms with Crippen molar-refractivity contribution in [1.82, 2.24) is 9.38 Å². The lowest BCUT2D eigenvalue weighted by Gasteiger charge is -2.08. The molecular weight excluding hydrogens is 224 g/mol. The SMILES string of the molecule is CC(C)c1nc(Cl)c2cccc(CC=O)n12. The highest BCUT2D eigenvalue weighted by Crippen LogP contribution is 2.24. The highest BCUT2D eigenvalue weighted by atomic mass is 35.5. The van der Waals surface area contributed by atoms with E-state index in [0.717, 1.165) is 23.3 Å². The molecule has 4 heteroatoms. The van der Waals surface area contributed by atoms with Crippen LogP contribution in [0, 0.1) is 0 Å². The first-order valence-electron chi connectivity index (χ1n) is 5.24. The quantitative estimate of drug-likeness (QED) is 0.768. The summed E-state index contributed by atoms with van der Waals surface area (Å²) in [6.45, 7) is 4.12. The second-order valence-electron chi connectivity index (χ2n) is 4.02. The molecule has 0 bridgehead atoms. The van der Waals surface area contributed by atoms with Gasteiger partial charge in [0.15, 0.2) is 5.15 Å². The van der Waals surface area contributed by atoms with E-state index < -0.39 is 0 Å². The van der Waals surface area contributed by atoms with E-state index >= 15 is 0 Å². The van der Waals surface area contributed by atoms with Gasteiger partial charge in [0.05, 0.1) is 5.52 Å². The zero-order valence-electron chi connectivity index (χ0n) is 9.27. The molecule has 0 N–H and O–H groups in total. The van der Waals surface area contributed by atoms with Gasteiger partial charge in [0.1, 0.15) is 12.1 Å². The Hall–Kier alpha value is -1.35. The number of pyridine rings is 1. The second-order valence-corrected chi connectivity index (χ2v) is 4.38. The van der Waals surface area contributed by atoms with Crippen molar-refractivity contribution in [3.8, 4) is 0 Å². The lowest BCUT2D eigenvalue weighted by molar-refractivity contribution is -0.107. The number of fused-ring (bicyclic) bond motifs is 1. The van der Waals surface area contributed by atoms with Crippen molar-refractivity contribution in [1.29, 1.82) is 0 Å². The maximum atomic E-state index is 10.6. The minimum Gasteiger partial charge on any atom is -0.303 e. The van der Waals surface area contributed by atoms with Crippen molar-refractivity contribution >= 4 is 23.4 Å². The van der Waals surface area contributed by atoms with Crippen molar-refractivity contribution in [2.45, 2.75) is 26.2 Å². The van der Waals surface area contributed by atoms with Crippen LogP contribution >= 0.6 is 11.6 Å². The average molecular weight is 237 g/mol. The molecule has 0 aliphatic heterocycles. The van der Waals surface area contributed by atoms with Gasteiger partial charge in [0.25, 0.3) is 0 Å². The average Bonchev–Trinajstić information content (AvgIpc) is 2.58. The largest absolute Gasteiger partial charge is 0.303 e. The predicted molar refractivity (Wildman–Crippen MR) is 64.1 cm³/mol. The van der Waals surface area contributed by atoms with E-state index in [1.54, 1.807) is 0 Å². The lowest BCUT2D eigenvalue weighted by Crippen LogP contribution is -2.03. The molecule has 0 spiro atoms. The third kappa shape index (κ3) is 1.71. The first-order valence-corrected chi connectivity index (χ1v) is 5.62. The highest BCUT2D eigenvalue weighted by molar-refractivity contribution is 6.32. The Morgan fingerprint density at radius 3 is 2.88 bits per heavy atom. The third-order valence-corrected chi connectivity index (χ3v) is 2.81. The Kier molecular flexibility index (Phi) is 2.97. The molecule has 16 heavy (non-hydrogen) atoms. The van der Waals surface area contributed by atoms with Crippen molar-refractivity contribution in [3.05, 3.63) is 34.9 Å². The molecule has 2 heterocycles. The van der Waals surface area contributed by atoms with Crippen LogP contribution in [-0.2, 0) is 11.2 Å². The number of imidazole rings is 1. The van der Waals surface area contributed by atoms with Gasteiger partial charge < -0.3 is 4.79 Å². The molecular formula is C12H13ClN2O. The molecule has 2 rings (SSSR count). The minimum absolute atomic E-state index is 0.271. The molecule has 0 saturated heterocycles. The van der Waals surface area contributed by atoms with Gasteiger partial charge in [-0.05, 0) is 12.1 Å². The molecule has 84 valence electrons. The second kappa shape index (κ2) is 4.26. The summed E-state index contributed by atoms with van der Waals surface area (Å²) >= 11 is 6.07. The molecule has 0 aromatic carbocycles. The van der Waals surface area contributed by atoms with Gasteiger partial charge in [0, 0.05) is 18.0 Å². The van der Waals surface area contributed by atoms with Crippen LogP contribution in [0.5, 0.6) is 0 Å². The molecule has 0 atom stereocenters. The first kappa shape index (κ1) is 11.1. The third-order valence-electron chi connectivity index (χ3n) is 2.53. The van der Waals surface area contributed by atoms with Gasteiger partial charge in [-0.25, -0.2) is 4.98 Å². The number of aldehydes is 1. The van der Waals surface area contributed by atoms with Gasteiger partial charge >= 0.3 is 0 Å². The summed E-state index contributed by atoms with van der Waals surface area (Å²) in [5, 5.41) is 0.497. The monoisotopic (exact) mass is 236 g/mol. The first-order chi connectivity index (χ1) is 7.65. The molecule has 0 amide bonds. The number of nitrogens with zero attached hydrogens (tertiary/aromatic N) is 2. The number of carbonyl (C=O) groups is 1. The van der Waals surface area contributed by atoms with Crippen molar-refractivity contribution in [2.75, 3.05) is 0 Å². The van der Waals surface area contributed by atoms with Gasteiger partial charge in [-0.1, -0.05) is 31.5 Å². The van der Waals surface area contributed by atoms with Crippen LogP contribution in [0.15, 0.2) is 18.2 Å². The Morgan fingerprint density at radius 1 is 1.50 bits per heavy atom. The van der Waals surface area contributed by atoms with E-state index in [0.29, 0.717) is 11.6 Å². The summed E-state index contributed by atoms with van der Waals surface area (Å²) < 4.78 is 1.97. The van der Waals surface area contributed by atoms with Crippen LogP contribution in [-0.4, -0.2) is 15.7 Å². The molecule has 3 nitrogen and oxygen atoms in total. The fraction of sp³-hybridized carbons (Fsp3) is 0.333. The summed E-state index contributed by atoms with van der Waals surface area (Å²) in [5.41, 5.74) is 1.79. The highest BCUT2D eigenvalue weighted by Gasteiger charge is 2.14. The van der Waals surface area contributed by atoms with Gasteiger partial charge in [-0.3, -0.25) is 4.40 Å². The zero-order chi connectivity index (χ0) is 11.7. The van der Waals surface area contributed by atoms with Crippen LogP contribution < -0.4 is 0 Å². The Balaban J connectivity index is 2.77. The van der Waals surface area contributed by atoms with Crippen molar-refractivity contribution in [2.24, 2.45) is 0 Å². The van der Waals surface area contributed by atoms with Crippen LogP contribution in [0.4, 0.5) is 0 Å². The minimum atomic E-state index is 0.271. The summed E-state index contributed by atoms with van der Waals surface area (Å²) in [7, 11) is 0. The predicted octanol–water partition coefficient (Wildman–Crippen LogP) is 2.85. The molecule has 0 aliphatic carbocycles. The van der Waals surface area contributed by atoms with Gasteiger partial charge in [-0.2, -0.15) is 0 Å². The number of rotatable bonds is 3. The van der Waals surface area contributed by atoms with Crippen LogP contribution in [0.25, 0.3) is 5.52 Å². The standard InChI is InChI=1S/C12H13ClN2O/c1-8(2)12-14-11(13)10-5-3-4-9(6-7-16)15(10)12/h3-5,7-8H,6H2,1-2H3. The Bertz CT molecular complexity index is 531. The smallest absolute Gasteiger partial charge is 0.155 e. The number of carbonyl (C=O) groups excluding carboxylic acids is 1. The molecule has 0 aliphatic rings. The number of hydrogen-bond donors (Lipinski definition) is 0. The van der Waals surface area contributed by atoms with Gasteiger partial charge in [-0.15, -0.1) is 0 Å². The van der Waals surface area contributed by atoms with Crippen molar-refractivity contribution < 1.29 is 4.79 Å². The normalized spacial score (nSPS) is 11.2. The Labute approximate surface area is 99.1 Å². The maximum absolute atomic E-state index is 10.6. The van der Waals surface area contributed by atoms with Crippen LogP contribution in [0.2, 0.25) is 5.15 Å². The van der Waals surface area contributed by atoms with E-state index in [2.05, 4.69) is 18.8 Å². The molecule has 2 aromatic heterocycles. The van der Waals surface area contributed by atoms with E-state index in [1.807, 2.05) is 22.6 Å². The summed E-state index contributed by atoms with van der Waals surface area (Å²) in [5.74, 6) is 1.17. The number of hydrogen-bond acceptors (Lipinski definition) is 2. The molecule has 0 saturated carbocycles. The molecule has 0 unspecified atom stereocenters.